The van der Waals surface area contributed by atoms with E-state index in [4.69, 9.17) is 26.2 Å². The molecular weight excluding hydrogens is 370 g/mol. The number of anilines is 1. The van der Waals surface area contributed by atoms with Crippen LogP contribution in [-0.4, -0.2) is 30.7 Å². The fourth-order valence-corrected chi connectivity index (χ4v) is 2.58. The highest BCUT2D eigenvalue weighted by Gasteiger charge is 2.17. The monoisotopic (exact) mass is 391 g/mol. The third-order valence-electron chi connectivity index (χ3n) is 3.88. The number of hydrogen-bond donors (Lipinski definition) is 2. The van der Waals surface area contributed by atoms with Crippen molar-refractivity contribution in [2.45, 2.75) is 26.2 Å². The first kappa shape index (κ1) is 20.6. The molecule has 0 aromatic heterocycles. The highest BCUT2D eigenvalue weighted by Crippen LogP contribution is 2.31. The molecule has 0 saturated heterocycles. The lowest BCUT2D eigenvalue weighted by Crippen LogP contribution is -2.20. The van der Waals surface area contributed by atoms with E-state index >= 15 is 0 Å². The van der Waals surface area contributed by atoms with E-state index in [1.807, 2.05) is 24.3 Å². The Morgan fingerprint density at radius 1 is 1.15 bits per heavy atom. The minimum atomic E-state index is -1.17. The molecule has 0 spiro atoms. The molecule has 0 aliphatic rings. The fourth-order valence-electron chi connectivity index (χ4n) is 2.37. The maximum atomic E-state index is 12.1. The Labute approximate surface area is 163 Å². The molecule has 2 N–H and O–H groups in total. The van der Waals surface area contributed by atoms with Gasteiger partial charge < -0.3 is 19.9 Å². The number of halogens is 1. The Kier molecular flexibility index (Phi) is 6.33. The Morgan fingerprint density at radius 3 is 2.30 bits per heavy atom. The molecule has 0 fully saturated rings. The molecule has 0 aliphatic carbocycles. The molecule has 0 radical (unpaired) electrons. The molecular formula is C20H22ClNO5. The number of methoxy groups -OCH3 is 1. The third-order valence-corrected chi connectivity index (χ3v) is 4.20. The summed E-state index contributed by atoms with van der Waals surface area (Å²) in [4.78, 5) is 23.3. The van der Waals surface area contributed by atoms with Gasteiger partial charge in [0.25, 0.3) is 5.91 Å². The number of benzene rings is 2. The lowest BCUT2D eigenvalue weighted by atomic mass is 9.87. The zero-order valence-corrected chi connectivity index (χ0v) is 16.4. The molecule has 0 saturated carbocycles. The Morgan fingerprint density at radius 2 is 1.78 bits per heavy atom. The van der Waals surface area contributed by atoms with E-state index in [0.717, 1.165) is 5.56 Å². The summed E-state index contributed by atoms with van der Waals surface area (Å²) < 4.78 is 10.5. The smallest absolute Gasteiger partial charge is 0.339 e. The van der Waals surface area contributed by atoms with E-state index in [2.05, 4.69) is 26.1 Å². The Bertz CT molecular complexity index is 841. The van der Waals surface area contributed by atoms with Crippen LogP contribution >= 0.6 is 11.6 Å². The summed E-state index contributed by atoms with van der Waals surface area (Å²) in [7, 11) is 1.34. The van der Waals surface area contributed by atoms with Crippen LogP contribution in [0.3, 0.4) is 0 Å². The number of hydrogen-bond acceptors (Lipinski definition) is 4. The van der Waals surface area contributed by atoms with Gasteiger partial charge >= 0.3 is 5.97 Å². The van der Waals surface area contributed by atoms with Crippen LogP contribution in [0, 0.1) is 0 Å². The molecule has 0 unspecified atom stereocenters. The van der Waals surface area contributed by atoms with Crippen molar-refractivity contribution in [3.8, 4) is 11.5 Å². The molecule has 2 aromatic carbocycles. The number of rotatable bonds is 6. The second kappa shape index (κ2) is 8.31. The van der Waals surface area contributed by atoms with Crippen LogP contribution in [-0.2, 0) is 10.2 Å². The van der Waals surface area contributed by atoms with Gasteiger partial charge in [-0.3, -0.25) is 4.79 Å². The Hall–Kier alpha value is -2.73. The van der Waals surface area contributed by atoms with E-state index in [9.17, 15) is 9.59 Å². The van der Waals surface area contributed by atoms with E-state index in [1.165, 1.54) is 19.2 Å². The van der Waals surface area contributed by atoms with E-state index in [0.29, 0.717) is 5.75 Å². The molecule has 0 atom stereocenters. The summed E-state index contributed by atoms with van der Waals surface area (Å²) in [5.41, 5.74) is 1.36. The van der Waals surface area contributed by atoms with Gasteiger partial charge in [-0.15, -0.1) is 0 Å². The SMILES string of the molecule is COc1cc(NC(=O)COc2ccc(C(C)(C)C)cc2)c(Cl)cc1C(=O)O. The molecule has 0 aliphatic heterocycles. The fraction of sp³-hybridized carbons (Fsp3) is 0.300. The number of amides is 1. The van der Waals surface area contributed by atoms with E-state index < -0.39 is 11.9 Å². The second-order valence-electron chi connectivity index (χ2n) is 6.95. The topological polar surface area (TPSA) is 84.9 Å². The van der Waals surface area contributed by atoms with Crippen LogP contribution < -0.4 is 14.8 Å². The summed E-state index contributed by atoms with van der Waals surface area (Å²) in [5.74, 6) is -0.931. The normalized spacial score (nSPS) is 11.0. The largest absolute Gasteiger partial charge is 0.496 e. The third kappa shape index (κ3) is 5.37. The van der Waals surface area contributed by atoms with Gasteiger partial charge in [-0.25, -0.2) is 4.79 Å². The van der Waals surface area contributed by atoms with Crippen LogP contribution in [0.1, 0.15) is 36.7 Å². The number of ether oxygens (including phenoxy) is 2. The molecule has 0 heterocycles. The quantitative estimate of drug-likeness (QED) is 0.764. The maximum Gasteiger partial charge on any atom is 0.339 e. The summed E-state index contributed by atoms with van der Waals surface area (Å²) in [6.45, 7) is 6.13. The van der Waals surface area contributed by atoms with Crippen LogP contribution in [0.15, 0.2) is 36.4 Å². The average Bonchev–Trinajstić information content (AvgIpc) is 2.60. The molecule has 2 aromatic rings. The van der Waals surface area contributed by atoms with Gasteiger partial charge in [0.05, 0.1) is 17.8 Å². The first-order valence-corrected chi connectivity index (χ1v) is 8.63. The maximum absolute atomic E-state index is 12.1. The van der Waals surface area contributed by atoms with Crippen molar-refractivity contribution >= 4 is 29.2 Å². The minimum absolute atomic E-state index is 0.0355. The first-order valence-electron chi connectivity index (χ1n) is 8.26. The standard InChI is InChI=1S/C20H22ClNO5/c1-20(2,3)12-5-7-13(8-6-12)27-11-18(23)22-16-10-17(26-4)14(19(24)25)9-15(16)21/h5-10H,11H2,1-4H3,(H,22,23)(H,24,25). The van der Waals surface area contributed by atoms with Crippen molar-refractivity contribution in [3.05, 3.63) is 52.5 Å². The summed E-state index contributed by atoms with van der Waals surface area (Å²) >= 11 is 6.05. The van der Waals surface area contributed by atoms with Crippen molar-refractivity contribution in [1.29, 1.82) is 0 Å². The van der Waals surface area contributed by atoms with Crippen molar-refractivity contribution in [1.82, 2.24) is 0 Å². The van der Waals surface area contributed by atoms with E-state index in [-0.39, 0.29) is 34.0 Å². The number of aromatic carboxylic acids is 1. The van der Waals surface area contributed by atoms with Crippen molar-refractivity contribution < 1.29 is 24.2 Å². The van der Waals surface area contributed by atoms with Gasteiger partial charge in [0, 0.05) is 6.07 Å². The minimum Gasteiger partial charge on any atom is -0.496 e. The number of carboxylic acids is 1. The van der Waals surface area contributed by atoms with Crippen molar-refractivity contribution in [3.63, 3.8) is 0 Å². The van der Waals surface area contributed by atoms with Gasteiger partial charge in [0.2, 0.25) is 0 Å². The summed E-state index contributed by atoms with van der Waals surface area (Å²) in [5, 5.41) is 11.8. The number of carbonyl (C=O) groups excluding carboxylic acids is 1. The van der Waals surface area contributed by atoms with Crippen molar-refractivity contribution in [2.75, 3.05) is 19.0 Å². The lowest BCUT2D eigenvalue weighted by molar-refractivity contribution is -0.118. The van der Waals surface area contributed by atoms with Crippen LogP contribution in [0.5, 0.6) is 11.5 Å². The molecule has 2 rings (SSSR count). The van der Waals surface area contributed by atoms with Crippen LogP contribution in [0.4, 0.5) is 5.69 Å². The van der Waals surface area contributed by atoms with E-state index in [1.54, 1.807) is 0 Å². The van der Waals surface area contributed by atoms with Crippen molar-refractivity contribution in [2.24, 2.45) is 0 Å². The van der Waals surface area contributed by atoms with Gasteiger partial charge in [-0.2, -0.15) is 0 Å². The van der Waals surface area contributed by atoms with Crippen LogP contribution in [0.25, 0.3) is 0 Å². The van der Waals surface area contributed by atoms with Gasteiger partial charge in [-0.05, 0) is 29.2 Å². The molecule has 0 bridgehead atoms. The highest BCUT2D eigenvalue weighted by molar-refractivity contribution is 6.34. The number of carboxylic acid groups (broad SMARTS) is 1. The molecule has 27 heavy (non-hydrogen) atoms. The van der Waals surface area contributed by atoms with Gasteiger partial charge in [0.15, 0.2) is 6.61 Å². The highest BCUT2D eigenvalue weighted by atomic mass is 35.5. The zero-order valence-electron chi connectivity index (χ0n) is 15.6. The van der Waals surface area contributed by atoms with Gasteiger partial charge in [0.1, 0.15) is 17.1 Å². The summed E-state index contributed by atoms with van der Waals surface area (Å²) in [6, 6.07) is 10.1. The second-order valence-corrected chi connectivity index (χ2v) is 7.36. The first-order chi connectivity index (χ1) is 12.6. The molecule has 1 amide bonds. The van der Waals surface area contributed by atoms with Gasteiger partial charge in [-0.1, -0.05) is 44.5 Å². The zero-order chi connectivity index (χ0) is 20.2. The Balaban J connectivity index is 2.03. The number of nitrogens with one attached hydrogen (secondary N) is 1. The predicted octanol–water partition coefficient (Wildman–Crippen LogP) is 4.36. The predicted molar refractivity (Wildman–Crippen MR) is 104 cm³/mol. The summed E-state index contributed by atoms with van der Waals surface area (Å²) in [6.07, 6.45) is 0. The molecule has 144 valence electrons. The van der Waals surface area contributed by atoms with Crippen LogP contribution in [0.2, 0.25) is 5.02 Å². The number of carbonyl (C=O) groups is 2. The lowest BCUT2D eigenvalue weighted by Gasteiger charge is -2.19. The molecule has 6 nitrogen and oxygen atoms in total. The molecule has 7 heteroatoms. The average molecular weight is 392 g/mol.